The summed E-state index contributed by atoms with van der Waals surface area (Å²) < 4.78 is 53.9. The zero-order chi connectivity index (χ0) is 26.1. The Balaban J connectivity index is 1.44. The summed E-state index contributed by atoms with van der Waals surface area (Å²) in [5.74, 6) is 0.571. The molecule has 4 rings (SSSR count). The maximum atomic E-state index is 13.0. The van der Waals surface area contributed by atoms with Gasteiger partial charge in [-0.2, -0.15) is 23.1 Å². The molecule has 0 unspecified atom stereocenters. The molecule has 3 aromatic heterocycles. The number of aryl methyl sites for hydroxylation is 1. The molecule has 0 spiro atoms. The minimum atomic E-state index is -4.49. The van der Waals surface area contributed by atoms with E-state index in [9.17, 15) is 13.2 Å². The number of alkyl halides is 3. The van der Waals surface area contributed by atoms with Gasteiger partial charge in [-0.15, -0.1) is 0 Å². The summed E-state index contributed by atoms with van der Waals surface area (Å²) in [6.45, 7) is 8.12. The van der Waals surface area contributed by atoms with E-state index >= 15 is 0 Å². The third-order valence-electron chi connectivity index (χ3n) is 5.54. The second-order valence-electron chi connectivity index (χ2n) is 9.71. The zero-order valence-corrected chi connectivity index (χ0v) is 22.2. The van der Waals surface area contributed by atoms with Gasteiger partial charge in [0.05, 0.1) is 5.39 Å². The molecule has 0 radical (unpaired) electrons. The van der Waals surface area contributed by atoms with Gasteiger partial charge in [0.2, 0.25) is 11.2 Å². The number of imidazole rings is 1. The molecule has 36 heavy (non-hydrogen) atoms. The lowest BCUT2D eigenvalue weighted by Gasteiger charge is -2.15. The van der Waals surface area contributed by atoms with E-state index in [0.717, 1.165) is 17.8 Å². The Morgan fingerprint density at radius 2 is 1.75 bits per heavy atom. The zero-order valence-electron chi connectivity index (χ0n) is 20.4. The van der Waals surface area contributed by atoms with Crippen LogP contribution in [0.5, 0.6) is 5.88 Å². The standard InChI is InChI=1S/C24H27ClF3N5O2Si/c1-32-13-19(24(26,27)28)29-20(32)17-7-5-16(6-8-17)14-35-22-18-9-10-33(21(18)30-23(25)31-22)15-34-11-12-36(2,3)4/h5-10,13H,11-12,14-15H2,1-4H3. The Kier molecular flexibility index (Phi) is 7.44. The minimum Gasteiger partial charge on any atom is -0.472 e. The van der Waals surface area contributed by atoms with E-state index in [1.165, 1.54) is 11.6 Å². The highest BCUT2D eigenvalue weighted by Crippen LogP contribution is 2.31. The monoisotopic (exact) mass is 537 g/mol. The van der Waals surface area contributed by atoms with E-state index < -0.39 is 19.9 Å². The highest BCUT2D eigenvalue weighted by molar-refractivity contribution is 6.76. The summed E-state index contributed by atoms with van der Waals surface area (Å²) in [5, 5.41) is 0.766. The van der Waals surface area contributed by atoms with Crippen LogP contribution < -0.4 is 4.74 Å². The van der Waals surface area contributed by atoms with Crippen LogP contribution in [0.1, 0.15) is 11.3 Å². The van der Waals surface area contributed by atoms with Crippen molar-refractivity contribution >= 4 is 30.7 Å². The van der Waals surface area contributed by atoms with Gasteiger partial charge in [-0.1, -0.05) is 43.9 Å². The van der Waals surface area contributed by atoms with Crippen molar-refractivity contribution in [3.63, 3.8) is 0 Å². The van der Waals surface area contributed by atoms with Crippen molar-refractivity contribution in [1.29, 1.82) is 0 Å². The lowest BCUT2D eigenvalue weighted by molar-refractivity contribution is -0.140. The van der Waals surface area contributed by atoms with E-state index in [4.69, 9.17) is 21.1 Å². The Morgan fingerprint density at radius 3 is 2.39 bits per heavy atom. The lowest BCUT2D eigenvalue weighted by atomic mass is 10.1. The van der Waals surface area contributed by atoms with Crippen LogP contribution in [0.25, 0.3) is 22.4 Å². The predicted molar refractivity (Wildman–Crippen MR) is 135 cm³/mol. The highest BCUT2D eigenvalue weighted by atomic mass is 35.5. The number of nitrogens with zero attached hydrogens (tertiary/aromatic N) is 5. The van der Waals surface area contributed by atoms with Gasteiger partial charge in [-0.25, -0.2) is 4.98 Å². The van der Waals surface area contributed by atoms with Crippen LogP contribution in [0.4, 0.5) is 13.2 Å². The van der Waals surface area contributed by atoms with E-state index in [-0.39, 0.29) is 17.7 Å². The topological polar surface area (TPSA) is 67.0 Å². The first kappa shape index (κ1) is 26.2. The SMILES string of the molecule is Cn1cc(C(F)(F)F)nc1-c1ccc(COc2nc(Cl)nc3c2ccn3COCC[Si](C)(C)C)cc1. The van der Waals surface area contributed by atoms with E-state index in [0.29, 0.717) is 35.8 Å². The molecular formula is C24H27ClF3N5O2Si. The number of aromatic nitrogens is 5. The number of fused-ring (bicyclic) bond motifs is 1. The van der Waals surface area contributed by atoms with E-state index in [1.807, 2.05) is 16.8 Å². The Bertz CT molecular complexity index is 1350. The van der Waals surface area contributed by atoms with Gasteiger partial charge >= 0.3 is 6.18 Å². The summed E-state index contributed by atoms with van der Waals surface area (Å²) in [5.41, 5.74) is 1.06. The molecule has 1 aromatic carbocycles. The summed E-state index contributed by atoms with van der Waals surface area (Å²) >= 11 is 6.15. The number of hydrogen-bond acceptors (Lipinski definition) is 5. The fraction of sp³-hybridized carbons (Fsp3) is 0.375. The molecule has 4 aromatic rings. The number of hydrogen-bond donors (Lipinski definition) is 0. The Morgan fingerprint density at radius 1 is 1.03 bits per heavy atom. The molecule has 0 aliphatic heterocycles. The number of ether oxygens (including phenoxy) is 2. The average Bonchev–Trinajstić information content (AvgIpc) is 3.38. The molecule has 0 atom stereocenters. The fourth-order valence-corrected chi connectivity index (χ4v) is 4.45. The maximum absolute atomic E-state index is 13.0. The first-order chi connectivity index (χ1) is 16.9. The van der Waals surface area contributed by atoms with Crippen LogP contribution >= 0.6 is 11.6 Å². The van der Waals surface area contributed by atoms with Crippen LogP contribution in [-0.2, 0) is 31.3 Å². The maximum Gasteiger partial charge on any atom is 0.434 e. The third kappa shape index (κ3) is 6.26. The molecule has 0 amide bonds. The molecule has 0 N–H and O–H groups in total. The van der Waals surface area contributed by atoms with Crippen LogP contribution in [0.3, 0.4) is 0 Å². The number of benzene rings is 1. The highest BCUT2D eigenvalue weighted by Gasteiger charge is 2.34. The van der Waals surface area contributed by atoms with Crippen LogP contribution in [0.2, 0.25) is 31.0 Å². The molecule has 12 heteroatoms. The van der Waals surface area contributed by atoms with E-state index in [1.54, 1.807) is 24.3 Å². The van der Waals surface area contributed by atoms with Gasteiger partial charge in [0.1, 0.15) is 19.2 Å². The Hall–Kier alpha value is -2.89. The second-order valence-corrected chi connectivity index (χ2v) is 15.7. The summed E-state index contributed by atoms with van der Waals surface area (Å²) in [6, 6.07) is 9.88. The van der Waals surface area contributed by atoms with Crippen molar-refractivity contribution in [2.24, 2.45) is 7.05 Å². The molecule has 0 bridgehead atoms. The molecule has 0 fully saturated rings. The quantitative estimate of drug-likeness (QED) is 0.140. The molecule has 0 saturated carbocycles. The minimum absolute atomic E-state index is 0.0603. The normalized spacial score (nSPS) is 12.4. The molecule has 0 aliphatic rings. The summed E-state index contributed by atoms with van der Waals surface area (Å²) in [7, 11) is 0.353. The van der Waals surface area contributed by atoms with Gasteiger partial charge in [0, 0.05) is 39.7 Å². The second kappa shape index (κ2) is 10.2. The summed E-state index contributed by atoms with van der Waals surface area (Å²) in [6.07, 6.45) is -1.67. The number of rotatable bonds is 9. The van der Waals surface area contributed by atoms with Gasteiger partial charge in [-0.05, 0) is 29.3 Å². The molecule has 0 aliphatic carbocycles. The molecule has 7 nitrogen and oxygen atoms in total. The predicted octanol–water partition coefficient (Wildman–Crippen LogP) is 6.40. The van der Waals surface area contributed by atoms with Gasteiger partial charge in [-0.3, -0.25) is 0 Å². The van der Waals surface area contributed by atoms with E-state index in [2.05, 4.69) is 34.6 Å². The van der Waals surface area contributed by atoms with Crippen molar-refractivity contribution in [2.45, 2.75) is 45.2 Å². The first-order valence-electron chi connectivity index (χ1n) is 11.3. The Labute approximate surface area is 212 Å². The molecular weight excluding hydrogens is 511 g/mol. The van der Waals surface area contributed by atoms with Gasteiger partial charge in [0.25, 0.3) is 0 Å². The van der Waals surface area contributed by atoms with Gasteiger partial charge in [0.15, 0.2) is 11.3 Å². The van der Waals surface area contributed by atoms with Crippen LogP contribution in [0.15, 0.2) is 42.7 Å². The van der Waals surface area contributed by atoms with Crippen molar-refractivity contribution in [3.05, 3.63) is 59.3 Å². The molecule has 0 saturated heterocycles. The largest absolute Gasteiger partial charge is 0.472 e. The van der Waals surface area contributed by atoms with Crippen molar-refractivity contribution in [1.82, 2.24) is 24.1 Å². The van der Waals surface area contributed by atoms with Crippen LogP contribution in [-0.4, -0.2) is 38.8 Å². The number of halogens is 4. The van der Waals surface area contributed by atoms with Gasteiger partial charge < -0.3 is 18.6 Å². The summed E-state index contributed by atoms with van der Waals surface area (Å²) in [4.78, 5) is 12.3. The third-order valence-corrected chi connectivity index (χ3v) is 7.41. The molecule has 192 valence electrons. The fourth-order valence-electron chi connectivity index (χ4n) is 3.54. The van der Waals surface area contributed by atoms with Crippen molar-refractivity contribution in [3.8, 4) is 17.3 Å². The lowest BCUT2D eigenvalue weighted by Crippen LogP contribution is -2.22. The first-order valence-corrected chi connectivity index (χ1v) is 15.4. The van der Waals surface area contributed by atoms with Crippen molar-refractivity contribution < 1.29 is 22.6 Å². The smallest absolute Gasteiger partial charge is 0.434 e. The average molecular weight is 538 g/mol. The van der Waals surface area contributed by atoms with Crippen LogP contribution in [0, 0.1) is 0 Å². The molecule has 3 heterocycles. The van der Waals surface area contributed by atoms with Crippen molar-refractivity contribution in [2.75, 3.05) is 6.61 Å².